The van der Waals surface area contributed by atoms with Gasteiger partial charge in [-0.25, -0.2) is 17.6 Å². The van der Waals surface area contributed by atoms with E-state index in [0.29, 0.717) is 6.42 Å². The smallest absolute Gasteiger partial charge is 0.321 e. The maximum Gasteiger partial charge on any atom is 0.321 e. The number of carbonyl (C=O) groups is 1. The molecule has 1 atom stereocenters. The number of nitrogens with one attached hydrogen (secondary N) is 1. The average Bonchev–Trinajstić information content (AvgIpc) is 2.80. The van der Waals surface area contributed by atoms with Crippen LogP contribution in [0.25, 0.3) is 6.08 Å². The molecule has 0 aliphatic carbocycles. The Balaban J connectivity index is 1.88. The fraction of sp³-hybridized carbons (Fsp3) is 0.357. The van der Waals surface area contributed by atoms with Gasteiger partial charge in [-0.2, -0.15) is 0 Å². The minimum atomic E-state index is -3.02. The Bertz CT molecular complexity index is 641. The zero-order valence-corrected chi connectivity index (χ0v) is 12.4. The van der Waals surface area contributed by atoms with E-state index in [1.54, 1.807) is 25.3 Å². The number of rotatable bonds is 3. The van der Waals surface area contributed by atoms with Crippen LogP contribution >= 0.6 is 0 Å². The van der Waals surface area contributed by atoms with E-state index in [4.69, 9.17) is 0 Å². The van der Waals surface area contributed by atoms with E-state index in [1.165, 1.54) is 23.2 Å². The summed E-state index contributed by atoms with van der Waals surface area (Å²) in [5.74, 6) is -0.183. The number of benzene rings is 1. The molecule has 0 saturated carbocycles. The highest BCUT2D eigenvalue weighted by Gasteiger charge is 2.32. The molecule has 1 fully saturated rings. The molecule has 1 aromatic rings. The molecule has 1 aromatic carbocycles. The first-order valence-electron chi connectivity index (χ1n) is 6.53. The highest BCUT2D eigenvalue weighted by Crippen LogP contribution is 2.16. The van der Waals surface area contributed by atoms with Crippen molar-refractivity contribution < 1.29 is 17.6 Å². The number of nitrogens with zero attached hydrogens (tertiary/aromatic N) is 1. The summed E-state index contributed by atoms with van der Waals surface area (Å²) >= 11 is 0. The Morgan fingerprint density at radius 1 is 1.38 bits per heavy atom. The molecule has 2 rings (SSSR count). The van der Waals surface area contributed by atoms with Gasteiger partial charge in [-0.15, -0.1) is 0 Å². The summed E-state index contributed by atoms with van der Waals surface area (Å²) in [6.45, 7) is 0. The van der Waals surface area contributed by atoms with Crippen molar-refractivity contribution in [3.05, 3.63) is 41.8 Å². The van der Waals surface area contributed by atoms with Gasteiger partial charge in [0.15, 0.2) is 9.84 Å². The lowest BCUT2D eigenvalue weighted by molar-refractivity contribution is 0.199. The van der Waals surface area contributed by atoms with Gasteiger partial charge in [0.05, 0.1) is 11.5 Å². The van der Waals surface area contributed by atoms with Gasteiger partial charge in [0.2, 0.25) is 0 Å². The molecule has 0 spiro atoms. The molecule has 1 N–H and O–H groups in total. The molecular weight excluding hydrogens is 295 g/mol. The van der Waals surface area contributed by atoms with Crippen LogP contribution in [0.1, 0.15) is 12.0 Å². The van der Waals surface area contributed by atoms with Crippen molar-refractivity contribution >= 4 is 21.9 Å². The second-order valence-corrected chi connectivity index (χ2v) is 7.23. The Labute approximate surface area is 123 Å². The predicted molar refractivity (Wildman–Crippen MR) is 78.8 cm³/mol. The third kappa shape index (κ3) is 4.29. The summed E-state index contributed by atoms with van der Waals surface area (Å²) in [7, 11) is -1.44. The molecular formula is C14H17FN2O3S. The van der Waals surface area contributed by atoms with E-state index >= 15 is 0 Å². The van der Waals surface area contributed by atoms with Crippen molar-refractivity contribution in [1.82, 2.24) is 10.2 Å². The largest absolute Gasteiger partial charge is 0.324 e. The molecule has 1 saturated heterocycles. The van der Waals surface area contributed by atoms with Crippen molar-refractivity contribution in [1.29, 1.82) is 0 Å². The van der Waals surface area contributed by atoms with Crippen molar-refractivity contribution in [2.45, 2.75) is 12.5 Å². The maximum atomic E-state index is 12.7. The number of amides is 2. The van der Waals surface area contributed by atoms with E-state index in [0.717, 1.165) is 5.56 Å². The SMILES string of the molecule is CN(C(=O)N/C=C/c1ccc(F)cc1)C1CCS(=O)(=O)C1. The standard InChI is InChI=1S/C14H17FN2O3S/c1-17(13-7-9-21(19,20)10-13)14(18)16-8-6-11-2-4-12(15)5-3-11/h2-6,8,13H,7,9-10H2,1H3,(H,16,18)/b8-6+. The molecule has 1 heterocycles. The number of carbonyl (C=O) groups excluding carboxylic acids is 1. The zero-order valence-electron chi connectivity index (χ0n) is 11.6. The molecule has 7 heteroatoms. The van der Waals surface area contributed by atoms with Gasteiger partial charge >= 0.3 is 6.03 Å². The second-order valence-electron chi connectivity index (χ2n) is 5.00. The molecule has 0 aromatic heterocycles. The quantitative estimate of drug-likeness (QED) is 0.922. The van der Waals surface area contributed by atoms with Crippen molar-refractivity contribution in [3.8, 4) is 0 Å². The summed E-state index contributed by atoms with van der Waals surface area (Å²) in [5.41, 5.74) is 0.753. The number of halogens is 1. The Morgan fingerprint density at radius 2 is 2.05 bits per heavy atom. The second kappa shape index (κ2) is 6.26. The van der Waals surface area contributed by atoms with Gasteiger partial charge in [0, 0.05) is 19.3 Å². The summed E-state index contributed by atoms with van der Waals surface area (Å²) in [6, 6.07) is 5.19. The van der Waals surface area contributed by atoms with E-state index in [1.807, 2.05) is 0 Å². The minimum absolute atomic E-state index is 0.0125. The van der Waals surface area contributed by atoms with Gasteiger partial charge in [-0.3, -0.25) is 0 Å². The van der Waals surface area contributed by atoms with Crippen molar-refractivity contribution in [2.75, 3.05) is 18.6 Å². The van der Waals surface area contributed by atoms with Gasteiger partial charge in [-0.1, -0.05) is 12.1 Å². The Hall–Kier alpha value is -1.89. The Morgan fingerprint density at radius 3 is 2.62 bits per heavy atom. The van der Waals surface area contributed by atoms with Crippen LogP contribution in [0, 0.1) is 5.82 Å². The van der Waals surface area contributed by atoms with Crippen LogP contribution in [0.15, 0.2) is 30.5 Å². The summed E-state index contributed by atoms with van der Waals surface area (Å²) in [6.07, 6.45) is 3.56. The highest BCUT2D eigenvalue weighted by atomic mass is 32.2. The van der Waals surface area contributed by atoms with Gasteiger partial charge in [0.25, 0.3) is 0 Å². The lowest BCUT2D eigenvalue weighted by Crippen LogP contribution is -2.42. The van der Waals surface area contributed by atoms with E-state index in [2.05, 4.69) is 5.32 Å². The monoisotopic (exact) mass is 312 g/mol. The number of urea groups is 1. The fourth-order valence-corrected chi connectivity index (χ4v) is 3.91. The summed E-state index contributed by atoms with van der Waals surface area (Å²) in [4.78, 5) is 13.3. The van der Waals surface area contributed by atoms with Crippen molar-refractivity contribution in [3.63, 3.8) is 0 Å². The van der Waals surface area contributed by atoms with E-state index in [9.17, 15) is 17.6 Å². The first kappa shape index (κ1) is 15.5. The molecule has 2 amide bonds. The van der Waals surface area contributed by atoms with Crippen LogP contribution in [-0.4, -0.2) is 43.9 Å². The molecule has 5 nitrogen and oxygen atoms in total. The molecule has 0 radical (unpaired) electrons. The van der Waals surface area contributed by atoms with Gasteiger partial charge in [0.1, 0.15) is 5.82 Å². The first-order valence-corrected chi connectivity index (χ1v) is 8.35. The number of sulfone groups is 1. The van der Waals surface area contributed by atoms with Gasteiger partial charge in [-0.05, 0) is 30.2 Å². The normalized spacial score (nSPS) is 20.6. The summed E-state index contributed by atoms with van der Waals surface area (Å²) < 4.78 is 35.5. The summed E-state index contributed by atoms with van der Waals surface area (Å²) in [5, 5.41) is 2.57. The Kier molecular flexibility index (Phi) is 4.62. The van der Waals surface area contributed by atoms with Crippen LogP contribution in [0.3, 0.4) is 0 Å². The molecule has 1 unspecified atom stereocenters. The average molecular weight is 312 g/mol. The van der Waals surface area contributed by atoms with Crippen molar-refractivity contribution in [2.24, 2.45) is 0 Å². The number of hydrogen-bond donors (Lipinski definition) is 1. The van der Waals surface area contributed by atoms with E-state index in [-0.39, 0.29) is 29.4 Å². The highest BCUT2D eigenvalue weighted by molar-refractivity contribution is 7.91. The topological polar surface area (TPSA) is 66.5 Å². The lowest BCUT2D eigenvalue weighted by atomic mass is 10.2. The van der Waals surface area contributed by atoms with Crippen LogP contribution in [0.4, 0.5) is 9.18 Å². The van der Waals surface area contributed by atoms with Crippen LogP contribution in [0.2, 0.25) is 0 Å². The third-order valence-corrected chi connectivity index (χ3v) is 5.18. The van der Waals surface area contributed by atoms with E-state index < -0.39 is 9.84 Å². The maximum absolute atomic E-state index is 12.7. The molecule has 114 valence electrons. The minimum Gasteiger partial charge on any atom is -0.324 e. The lowest BCUT2D eigenvalue weighted by Gasteiger charge is -2.22. The molecule has 1 aliphatic heterocycles. The van der Waals surface area contributed by atoms with Crippen LogP contribution in [-0.2, 0) is 9.84 Å². The molecule has 1 aliphatic rings. The zero-order chi connectivity index (χ0) is 15.5. The number of hydrogen-bond acceptors (Lipinski definition) is 3. The molecule has 0 bridgehead atoms. The van der Waals surface area contributed by atoms with Gasteiger partial charge < -0.3 is 10.2 Å². The fourth-order valence-electron chi connectivity index (χ4n) is 2.13. The molecule has 21 heavy (non-hydrogen) atoms. The van der Waals surface area contributed by atoms with Crippen LogP contribution < -0.4 is 5.32 Å². The first-order chi connectivity index (χ1) is 9.87. The van der Waals surface area contributed by atoms with Crippen LogP contribution in [0.5, 0.6) is 0 Å². The third-order valence-electron chi connectivity index (χ3n) is 3.43. The predicted octanol–water partition coefficient (Wildman–Crippen LogP) is 1.62.